The van der Waals surface area contributed by atoms with Crippen LogP contribution in [0.15, 0.2) is 67.0 Å². The Morgan fingerprint density at radius 1 is 1.12 bits per heavy atom. The summed E-state index contributed by atoms with van der Waals surface area (Å²) in [6, 6.07) is 16.7. The Morgan fingerprint density at radius 2 is 1.84 bits per heavy atom. The second-order valence-corrected chi connectivity index (χ2v) is 8.22. The second kappa shape index (κ2) is 10.4. The summed E-state index contributed by atoms with van der Waals surface area (Å²) >= 11 is 5.93. The number of likely N-dealkylation sites (tertiary alicyclic amines) is 1. The van der Waals surface area contributed by atoms with Crippen LogP contribution in [0.4, 0.5) is 10.5 Å². The van der Waals surface area contributed by atoms with Crippen molar-refractivity contribution in [1.82, 2.24) is 20.2 Å². The molecule has 32 heavy (non-hydrogen) atoms. The van der Waals surface area contributed by atoms with E-state index in [1.54, 1.807) is 43.8 Å². The molecule has 1 aromatic heterocycles. The van der Waals surface area contributed by atoms with Crippen molar-refractivity contribution in [3.8, 4) is 5.75 Å². The zero-order chi connectivity index (χ0) is 22.3. The zero-order valence-corrected chi connectivity index (χ0v) is 18.6. The lowest BCUT2D eigenvalue weighted by atomic mass is 9.86. The number of urea groups is 1. The van der Waals surface area contributed by atoms with Crippen LogP contribution in [0.5, 0.6) is 5.75 Å². The maximum Gasteiger partial charge on any atom is 0.319 e. The van der Waals surface area contributed by atoms with Crippen LogP contribution in [-0.2, 0) is 6.54 Å². The normalized spacial score (nSPS) is 18.7. The summed E-state index contributed by atoms with van der Waals surface area (Å²) in [5.74, 6) is 1.73. The van der Waals surface area contributed by atoms with E-state index < -0.39 is 0 Å². The molecule has 1 aliphatic rings. The number of nitrogens with zero attached hydrogens (tertiary/aromatic N) is 3. The zero-order valence-electron chi connectivity index (χ0n) is 17.9. The molecule has 2 amide bonds. The predicted octanol–water partition coefficient (Wildman–Crippen LogP) is 4.32. The lowest BCUT2D eigenvalue weighted by molar-refractivity contribution is 0.165. The Balaban J connectivity index is 1.47. The molecule has 0 spiro atoms. The smallest absolute Gasteiger partial charge is 0.319 e. The highest BCUT2D eigenvalue weighted by Gasteiger charge is 2.32. The van der Waals surface area contributed by atoms with Crippen molar-refractivity contribution in [1.29, 1.82) is 0 Å². The molecule has 0 radical (unpaired) electrons. The van der Waals surface area contributed by atoms with E-state index in [0.717, 1.165) is 36.6 Å². The standard InChI is InChI=1S/C24H26ClN5O2/c1-32-20-9-3-17(4-10-20)21-15-30(16-23-26-12-2-13-27-23)14-11-22(21)29-24(31)28-19-7-5-18(25)6-8-19/h2-10,12-13,21-22H,11,14-16H2,1H3,(H2,28,29,31)/t21?,22-/m1/s1. The van der Waals surface area contributed by atoms with Gasteiger partial charge >= 0.3 is 6.03 Å². The largest absolute Gasteiger partial charge is 0.497 e. The Hall–Kier alpha value is -3.16. The van der Waals surface area contributed by atoms with E-state index in [-0.39, 0.29) is 18.0 Å². The first-order valence-corrected chi connectivity index (χ1v) is 10.9. The number of halogens is 1. The number of carbonyl (C=O) groups is 1. The molecule has 166 valence electrons. The fraction of sp³-hybridized carbons (Fsp3) is 0.292. The number of hydrogen-bond donors (Lipinski definition) is 2. The van der Waals surface area contributed by atoms with E-state index in [1.165, 1.54) is 0 Å². The number of hydrogen-bond acceptors (Lipinski definition) is 5. The van der Waals surface area contributed by atoms with Crippen LogP contribution in [0.1, 0.15) is 23.7 Å². The highest BCUT2D eigenvalue weighted by molar-refractivity contribution is 6.30. The number of aromatic nitrogens is 2. The van der Waals surface area contributed by atoms with Gasteiger partial charge in [0, 0.05) is 48.2 Å². The second-order valence-electron chi connectivity index (χ2n) is 7.78. The molecule has 2 heterocycles. The van der Waals surface area contributed by atoms with Gasteiger partial charge in [-0.2, -0.15) is 0 Å². The van der Waals surface area contributed by atoms with Crippen LogP contribution < -0.4 is 15.4 Å². The first kappa shape index (κ1) is 22.0. The Bertz CT molecular complexity index is 1010. The topological polar surface area (TPSA) is 79.4 Å². The van der Waals surface area contributed by atoms with E-state index in [1.807, 2.05) is 18.2 Å². The minimum absolute atomic E-state index is 0.0105. The molecule has 0 saturated carbocycles. The fourth-order valence-electron chi connectivity index (χ4n) is 4.01. The molecular formula is C24H26ClN5O2. The van der Waals surface area contributed by atoms with Gasteiger partial charge in [0.1, 0.15) is 11.6 Å². The van der Waals surface area contributed by atoms with Crippen molar-refractivity contribution in [2.24, 2.45) is 0 Å². The summed E-state index contributed by atoms with van der Waals surface area (Å²) in [6.45, 7) is 2.31. The number of piperidine rings is 1. The molecule has 7 nitrogen and oxygen atoms in total. The lowest BCUT2D eigenvalue weighted by Gasteiger charge is -2.39. The van der Waals surface area contributed by atoms with Crippen LogP contribution in [0, 0.1) is 0 Å². The van der Waals surface area contributed by atoms with Crippen LogP contribution in [0.2, 0.25) is 5.02 Å². The monoisotopic (exact) mass is 451 g/mol. The van der Waals surface area contributed by atoms with E-state index in [4.69, 9.17) is 16.3 Å². The van der Waals surface area contributed by atoms with Gasteiger partial charge in [-0.3, -0.25) is 4.90 Å². The molecule has 8 heteroatoms. The van der Waals surface area contributed by atoms with Crippen LogP contribution in [-0.4, -0.2) is 47.1 Å². The Kier molecular flexibility index (Phi) is 7.19. The first-order chi connectivity index (χ1) is 15.6. The molecule has 2 N–H and O–H groups in total. The van der Waals surface area contributed by atoms with Crippen molar-refractivity contribution in [2.45, 2.75) is 24.9 Å². The average molecular weight is 452 g/mol. The molecule has 0 bridgehead atoms. The van der Waals surface area contributed by atoms with Gasteiger partial charge in [0.15, 0.2) is 0 Å². The van der Waals surface area contributed by atoms with Crippen molar-refractivity contribution in [3.05, 3.63) is 83.4 Å². The summed E-state index contributed by atoms with van der Waals surface area (Å²) in [5, 5.41) is 6.70. The number of anilines is 1. The molecule has 0 aliphatic carbocycles. The number of carbonyl (C=O) groups excluding carboxylic acids is 1. The number of amides is 2. The van der Waals surface area contributed by atoms with Crippen LogP contribution in [0.3, 0.4) is 0 Å². The molecule has 1 unspecified atom stereocenters. The minimum atomic E-state index is -0.226. The molecule has 3 aromatic rings. The Labute approximate surface area is 192 Å². The summed E-state index contributed by atoms with van der Waals surface area (Å²) in [4.78, 5) is 23.8. The van der Waals surface area contributed by atoms with Crippen molar-refractivity contribution >= 4 is 23.3 Å². The average Bonchev–Trinajstić information content (AvgIpc) is 2.82. The first-order valence-electron chi connectivity index (χ1n) is 10.6. The van der Waals surface area contributed by atoms with Gasteiger partial charge in [0.2, 0.25) is 0 Å². The van der Waals surface area contributed by atoms with Gasteiger partial charge in [0.05, 0.1) is 13.7 Å². The predicted molar refractivity (Wildman–Crippen MR) is 125 cm³/mol. The molecule has 4 rings (SSSR count). The third kappa shape index (κ3) is 5.75. The third-order valence-corrected chi connectivity index (χ3v) is 5.90. The van der Waals surface area contributed by atoms with Crippen LogP contribution in [0.25, 0.3) is 0 Å². The summed E-state index contributed by atoms with van der Waals surface area (Å²) in [6.07, 6.45) is 4.34. The molecular weight excluding hydrogens is 426 g/mol. The highest BCUT2D eigenvalue weighted by Crippen LogP contribution is 2.29. The van der Waals surface area contributed by atoms with Crippen molar-refractivity contribution < 1.29 is 9.53 Å². The number of methoxy groups -OCH3 is 1. The Morgan fingerprint density at radius 3 is 2.53 bits per heavy atom. The minimum Gasteiger partial charge on any atom is -0.497 e. The SMILES string of the molecule is COc1ccc(C2CN(Cc3ncccn3)CC[C@H]2NC(=O)Nc2ccc(Cl)cc2)cc1. The van der Waals surface area contributed by atoms with E-state index in [2.05, 4.69) is 37.6 Å². The number of ether oxygens (including phenoxy) is 1. The summed E-state index contributed by atoms with van der Waals surface area (Å²) < 4.78 is 5.31. The van der Waals surface area contributed by atoms with Crippen molar-refractivity contribution in [3.63, 3.8) is 0 Å². The molecule has 1 aliphatic heterocycles. The molecule has 2 atom stereocenters. The molecule has 2 aromatic carbocycles. The molecule has 1 fully saturated rings. The lowest BCUT2D eigenvalue weighted by Crippen LogP contribution is -2.50. The van der Waals surface area contributed by atoms with Gasteiger partial charge in [-0.1, -0.05) is 23.7 Å². The van der Waals surface area contributed by atoms with Gasteiger partial charge < -0.3 is 15.4 Å². The van der Waals surface area contributed by atoms with Crippen molar-refractivity contribution in [2.75, 3.05) is 25.5 Å². The van der Waals surface area contributed by atoms with Gasteiger partial charge in [-0.05, 0) is 54.4 Å². The summed E-state index contributed by atoms with van der Waals surface area (Å²) in [5.41, 5.74) is 1.85. The maximum absolute atomic E-state index is 12.7. The van der Waals surface area contributed by atoms with Gasteiger partial charge in [0.25, 0.3) is 0 Å². The van der Waals surface area contributed by atoms with E-state index in [9.17, 15) is 4.79 Å². The third-order valence-electron chi connectivity index (χ3n) is 5.64. The van der Waals surface area contributed by atoms with Crippen LogP contribution >= 0.6 is 11.6 Å². The fourth-order valence-corrected chi connectivity index (χ4v) is 4.13. The number of benzene rings is 2. The number of nitrogens with one attached hydrogen (secondary N) is 2. The quantitative estimate of drug-likeness (QED) is 0.583. The number of rotatable bonds is 6. The van der Waals surface area contributed by atoms with Gasteiger partial charge in [-0.15, -0.1) is 0 Å². The molecule has 1 saturated heterocycles. The van der Waals surface area contributed by atoms with Gasteiger partial charge in [-0.25, -0.2) is 14.8 Å². The van der Waals surface area contributed by atoms with E-state index in [0.29, 0.717) is 17.3 Å². The summed E-state index contributed by atoms with van der Waals surface area (Å²) in [7, 11) is 1.66. The van der Waals surface area contributed by atoms with E-state index >= 15 is 0 Å². The maximum atomic E-state index is 12.7. The highest BCUT2D eigenvalue weighted by atomic mass is 35.5.